The van der Waals surface area contributed by atoms with Crippen LogP contribution in [0.1, 0.15) is 36.2 Å². The van der Waals surface area contributed by atoms with Gasteiger partial charge in [0.1, 0.15) is 0 Å². The maximum absolute atomic E-state index is 12.3. The van der Waals surface area contributed by atoms with Gasteiger partial charge >= 0.3 is 0 Å². The second-order valence-electron chi connectivity index (χ2n) is 6.75. The first kappa shape index (κ1) is 18.0. The third-order valence-electron chi connectivity index (χ3n) is 4.40. The van der Waals surface area contributed by atoms with Crippen LogP contribution in [0.5, 0.6) is 11.5 Å². The molecule has 0 fully saturated rings. The van der Waals surface area contributed by atoms with Gasteiger partial charge in [0.2, 0.25) is 0 Å². The quantitative estimate of drug-likeness (QED) is 0.710. The van der Waals surface area contributed by atoms with Crippen LogP contribution in [0, 0.1) is 5.92 Å². The van der Waals surface area contributed by atoms with Gasteiger partial charge in [-0.2, -0.15) is 0 Å². The fourth-order valence-electron chi connectivity index (χ4n) is 2.92. The molecule has 0 saturated heterocycles. The third kappa shape index (κ3) is 3.57. The number of fused-ring (bicyclic) bond motifs is 1. The summed E-state index contributed by atoms with van der Waals surface area (Å²) < 4.78 is 11.2. The monoisotopic (exact) mass is 353 g/mol. The number of hydrogen-bond acceptors (Lipinski definition) is 4. The van der Waals surface area contributed by atoms with Crippen LogP contribution in [-0.4, -0.2) is 25.4 Å². The van der Waals surface area contributed by atoms with E-state index in [4.69, 9.17) is 9.47 Å². The van der Waals surface area contributed by atoms with Crippen LogP contribution in [0.25, 0.3) is 0 Å². The standard InChI is InChI=1S/C21H23NO4/c1-14(2)10-11-26-18-9-8-15(12-19(18)25-3)13-22-17-7-5-4-6-16(17)20(23)21(22)24/h4-9,12,14H,10-11,13H2,1-3H3. The van der Waals surface area contributed by atoms with Gasteiger partial charge in [-0.25, -0.2) is 0 Å². The largest absolute Gasteiger partial charge is 0.493 e. The molecule has 1 amide bonds. The highest BCUT2D eigenvalue weighted by atomic mass is 16.5. The van der Waals surface area contributed by atoms with Crippen LogP contribution in [0.4, 0.5) is 5.69 Å². The second-order valence-corrected chi connectivity index (χ2v) is 6.75. The molecule has 0 aliphatic carbocycles. The first-order chi connectivity index (χ1) is 12.5. The molecular weight excluding hydrogens is 330 g/mol. The summed E-state index contributed by atoms with van der Waals surface area (Å²) in [6.45, 7) is 5.23. The van der Waals surface area contributed by atoms with Crippen molar-refractivity contribution in [2.75, 3.05) is 18.6 Å². The highest BCUT2D eigenvalue weighted by molar-refractivity contribution is 6.52. The lowest BCUT2D eigenvalue weighted by atomic mass is 10.1. The Balaban J connectivity index is 1.78. The number of ketones is 1. The molecule has 1 aliphatic rings. The van der Waals surface area contributed by atoms with Gasteiger partial charge in [0, 0.05) is 0 Å². The molecule has 5 nitrogen and oxygen atoms in total. The fraction of sp³-hybridized carbons (Fsp3) is 0.333. The van der Waals surface area contributed by atoms with Gasteiger partial charge in [0.15, 0.2) is 11.5 Å². The van der Waals surface area contributed by atoms with Gasteiger partial charge in [-0.15, -0.1) is 0 Å². The zero-order valence-corrected chi connectivity index (χ0v) is 15.3. The van der Waals surface area contributed by atoms with E-state index >= 15 is 0 Å². The van der Waals surface area contributed by atoms with E-state index in [1.165, 1.54) is 4.90 Å². The predicted molar refractivity (Wildman–Crippen MR) is 99.9 cm³/mol. The van der Waals surface area contributed by atoms with E-state index < -0.39 is 11.7 Å². The SMILES string of the molecule is COc1cc(CN2C(=O)C(=O)c3ccccc32)ccc1OCCC(C)C. The summed E-state index contributed by atoms with van der Waals surface area (Å²) in [7, 11) is 1.59. The maximum atomic E-state index is 12.3. The molecule has 0 bridgehead atoms. The Hall–Kier alpha value is -2.82. The van der Waals surface area contributed by atoms with E-state index in [1.807, 2.05) is 24.3 Å². The van der Waals surface area contributed by atoms with E-state index in [0.717, 1.165) is 12.0 Å². The number of amides is 1. The number of carbonyl (C=O) groups excluding carboxylic acids is 2. The third-order valence-corrected chi connectivity index (χ3v) is 4.40. The molecule has 0 atom stereocenters. The van der Waals surface area contributed by atoms with Crippen molar-refractivity contribution < 1.29 is 19.1 Å². The molecule has 0 spiro atoms. The molecule has 1 aliphatic heterocycles. The summed E-state index contributed by atoms with van der Waals surface area (Å²) in [4.78, 5) is 25.9. The minimum atomic E-state index is -0.498. The summed E-state index contributed by atoms with van der Waals surface area (Å²) >= 11 is 0. The van der Waals surface area contributed by atoms with Gasteiger partial charge in [-0.1, -0.05) is 32.0 Å². The van der Waals surface area contributed by atoms with Crippen LogP contribution in [-0.2, 0) is 11.3 Å². The number of methoxy groups -OCH3 is 1. The summed E-state index contributed by atoms with van der Waals surface area (Å²) in [5.41, 5.74) is 1.98. The normalized spacial score (nSPS) is 13.3. The van der Waals surface area contributed by atoms with E-state index in [1.54, 1.807) is 25.3 Å². The van der Waals surface area contributed by atoms with Crippen molar-refractivity contribution in [3.63, 3.8) is 0 Å². The average molecular weight is 353 g/mol. The minimum absolute atomic E-state index is 0.310. The number of para-hydroxylation sites is 1. The number of rotatable bonds is 7. The molecule has 2 aromatic rings. The predicted octanol–water partition coefficient (Wildman–Crippen LogP) is 3.85. The van der Waals surface area contributed by atoms with Gasteiger partial charge in [0.25, 0.3) is 11.7 Å². The van der Waals surface area contributed by atoms with Gasteiger partial charge < -0.3 is 14.4 Å². The second kappa shape index (κ2) is 7.60. The lowest BCUT2D eigenvalue weighted by Crippen LogP contribution is -2.29. The molecule has 0 unspecified atom stereocenters. The van der Waals surface area contributed by atoms with Crippen molar-refractivity contribution in [3.8, 4) is 11.5 Å². The number of hydrogen-bond donors (Lipinski definition) is 0. The zero-order valence-electron chi connectivity index (χ0n) is 15.3. The summed E-state index contributed by atoms with van der Waals surface area (Å²) in [5.74, 6) is 0.918. The molecule has 3 rings (SSSR count). The van der Waals surface area contributed by atoms with Crippen LogP contribution in [0.3, 0.4) is 0 Å². The van der Waals surface area contributed by atoms with E-state index in [9.17, 15) is 9.59 Å². The molecule has 0 radical (unpaired) electrons. The number of anilines is 1. The van der Waals surface area contributed by atoms with Crippen LogP contribution in [0.15, 0.2) is 42.5 Å². The average Bonchev–Trinajstić information content (AvgIpc) is 2.87. The number of ether oxygens (including phenoxy) is 2. The zero-order chi connectivity index (χ0) is 18.7. The van der Waals surface area contributed by atoms with E-state index in [2.05, 4.69) is 13.8 Å². The van der Waals surface area contributed by atoms with Gasteiger partial charge in [-0.05, 0) is 42.2 Å². The number of Topliss-reactive ketones (excluding diaryl/α,β-unsaturated/α-hetero) is 1. The van der Waals surface area contributed by atoms with Crippen molar-refractivity contribution >= 4 is 17.4 Å². The van der Waals surface area contributed by atoms with Crippen molar-refractivity contribution in [2.24, 2.45) is 5.92 Å². The summed E-state index contributed by atoms with van der Waals surface area (Å²) in [6.07, 6.45) is 0.964. The Bertz CT molecular complexity index is 829. The van der Waals surface area contributed by atoms with Gasteiger partial charge in [-0.3, -0.25) is 9.59 Å². The fourth-order valence-corrected chi connectivity index (χ4v) is 2.92. The smallest absolute Gasteiger partial charge is 0.299 e. The Kier molecular flexibility index (Phi) is 5.26. The lowest BCUT2D eigenvalue weighted by Gasteiger charge is -2.18. The Morgan fingerprint density at radius 2 is 1.81 bits per heavy atom. The van der Waals surface area contributed by atoms with Crippen LogP contribution in [0.2, 0.25) is 0 Å². The molecule has 26 heavy (non-hydrogen) atoms. The van der Waals surface area contributed by atoms with Gasteiger partial charge in [0.05, 0.1) is 31.5 Å². The van der Waals surface area contributed by atoms with Crippen LogP contribution < -0.4 is 14.4 Å². The van der Waals surface area contributed by atoms with Crippen LogP contribution >= 0.6 is 0 Å². The van der Waals surface area contributed by atoms with Crippen molar-refractivity contribution in [2.45, 2.75) is 26.8 Å². The van der Waals surface area contributed by atoms with Crippen molar-refractivity contribution in [1.82, 2.24) is 0 Å². The molecule has 0 aromatic heterocycles. The molecule has 0 N–H and O–H groups in total. The highest BCUT2D eigenvalue weighted by Crippen LogP contribution is 2.33. The Labute approximate surface area is 153 Å². The molecular formula is C21H23NO4. The number of benzene rings is 2. The molecule has 1 heterocycles. The topological polar surface area (TPSA) is 55.8 Å². The molecule has 136 valence electrons. The van der Waals surface area contributed by atoms with Crippen molar-refractivity contribution in [1.29, 1.82) is 0 Å². The lowest BCUT2D eigenvalue weighted by molar-refractivity contribution is -0.114. The van der Waals surface area contributed by atoms with E-state index in [0.29, 0.717) is 41.8 Å². The van der Waals surface area contributed by atoms with Crippen molar-refractivity contribution in [3.05, 3.63) is 53.6 Å². The molecule has 0 saturated carbocycles. The maximum Gasteiger partial charge on any atom is 0.299 e. The summed E-state index contributed by atoms with van der Waals surface area (Å²) in [6, 6.07) is 12.7. The molecule has 5 heteroatoms. The Morgan fingerprint density at radius 1 is 1.04 bits per heavy atom. The minimum Gasteiger partial charge on any atom is -0.493 e. The van der Waals surface area contributed by atoms with E-state index in [-0.39, 0.29) is 0 Å². The highest BCUT2D eigenvalue weighted by Gasteiger charge is 2.35. The number of carbonyl (C=O) groups is 2. The number of nitrogens with zero attached hydrogens (tertiary/aromatic N) is 1. The summed E-state index contributed by atoms with van der Waals surface area (Å²) in [5, 5.41) is 0. The first-order valence-corrected chi connectivity index (χ1v) is 8.76. The first-order valence-electron chi connectivity index (χ1n) is 8.76. The molecule has 2 aromatic carbocycles. The Morgan fingerprint density at radius 3 is 2.54 bits per heavy atom.